The van der Waals surface area contributed by atoms with Crippen LogP contribution >= 0.6 is 45.2 Å². The Bertz CT molecular complexity index is 551. The molecule has 0 nitrogen and oxygen atoms in total. The first-order valence-corrected chi connectivity index (χ1v) is 11.0. The van der Waals surface area contributed by atoms with E-state index in [1.165, 1.54) is 35.5 Å². The van der Waals surface area contributed by atoms with Gasteiger partial charge in [0.25, 0.3) is 0 Å². The molecule has 2 heteroatoms. The third kappa shape index (κ3) is 0.497. The van der Waals surface area contributed by atoms with Gasteiger partial charge >= 0.3 is 0 Å². The minimum absolute atomic E-state index is 0.812. The second-order valence-corrected chi connectivity index (χ2v) is 15.5. The van der Waals surface area contributed by atoms with Gasteiger partial charge in [0.15, 0.2) is 0 Å². The number of hydrogen-bond donors (Lipinski definition) is 0. The minimum atomic E-state index is 0.812. The molecule has 0 aromatic heterocycles. The van der Waals surface area contributed by atoms with Crippen LogP contribution in [0.2, 0.25) is 0 Å². The Labute approximate surface area is 146 Å². The first-order valence-electron chi connectivity index (χ1n) is 8.85. The highest BCUT2D eigenvalue weighted by Crippen LogP contribution is 3.18. The van der Waals surface area contributed by atoms with Crippen LogP contribution in [-0.2, 0) is 0 Å². The molecular weight excluding hydrogens is 470 g/mol. The molecule has 0 aliphatic heterocycles. The van der Waals surface area contributed by atoms with Crippen molar-refractivity contribution in [2.75, 3.05) is 0 Å². The van der Waals surface area contributed by atoms with Gasteiger partial charge in [-0.3, -0.25) is 0 Å². The Morgan fingerprint density at radius 3 is 0.950 bits per heavy atom. The zero-order valence-corrected chi connectivity index (χ0v) is 15.8. The summed E-state index contributed by atoms with van der Waals surface area (Å²) < 4.78 is 1.62. The van der Waals surface area contributed by atoms with E-state index in [0.29, 0.717) is 0 Å². The van der Waals surface area contributed by atoms with E-state index in [1.54, 1.807) is 38.5 Å². The maximum Gasteiger partial charge on any atom is 0.0239 e. The van der Waals surface area contributed by atoms with Crippen LogP contribution in [0, 0.1) is 57.2 Å². The topological polar surface area (TPSA) is 0 Å². The van der Waals surface area contributed by atoms with E-state index in [4.69, 9.17) is 0 Å². The van der Waals surface area contributed by atoms with Crippen molar-refractivity contribution in [3.63, 3.8) is 0 Å². The number of rotatable bonds is 2. The molecule has 0 spiro atoms. The Morgan fingerprint density at radius 1 is 0.500 bits per heavy atom. The Morgan fingerprint density at radius 2 is 0.750 bits per heavy atom. The highest BCUT2D eigenvalue weighted by atomic mass is 127. The lowest BCUT2D eigenvalue weighted by atomic mass is 8.86. The highest BCUT2D eigenvalue weighted by molar-refractivity contribution is 14.1. The minimum Gasteiger partial charge on any atom is -0.0788 e. The van der Waals surface area contributed by atoms with Crippen LogP contribution in [0.15, 0.2) is 0 Å². The summed E-state index contributed by atoms with van der Waals surface area (Å²) in [5.74, 6) is 7.77. The molecule has 12 fully saturated rings. The third-order valence-corrected chi connectivity index (χ3v) is 13.7. The fourth-order valence-electron chi connectivity index (χ4n) is 11.9. The standard InChI is InChI=1S/C18H18I2/c19-15-1-13(2-15,3-15)17-7-10-8(17)12-9(17)11(7)18(10,12)14-4-16(20,5-14)6-14/h7-12H,1-6H2. The number of hydrogen-bond acceptors (Lipinski definition) is 0. The lowest BCUT2D eigenvalue weighted by Crippen LogP contribution is -3.15. The second-order valence-electron chi connectivity index (χ2n) is 10.9. The fourth-order valence-corrected chi connectivity index (χ4v) is 16.3. The van der Waals surface area contributed by atoms with Gasteiger partial charge in [0.05, 0.1) is 0 Å². The van der Waals surface area contributed by atoms with Crippen LogP contribution in [0.5, 0.6) is 0 Å². The van der Waals surface area contributed by atoms with E-state index in [1.807, 2.05) is 0 Å². The van der Waals surface area contributed by atoms with E-state index in [9.17, 15) is 0 Å². The van der Waals surface area contributed by atoms with Crippen LogP contribution in [0.4, 0.5) is 0 Å². The van der Waals surface area contributed by atoms with E-state index < -0.39 is 0 Å². The van der Waals surface area contributed by atoms with E-state index in [2.05, 4.69) is 45.2 Å². The summed E-state index contributed by atoms with van der Waals surface area (Å²) >= 11 is 5.59. The summed E-state index contributed by atoms with van der Waals surface area (Å²) in [6, 6.07) is 0. The van der Waals surface area contributed by atoms with Gasteiger partial charge in [-0.15, -0.1) is 0 Å². The molecule has 0 aromatic rings. The third-order valence-electron chi connectivity index (χ3n) is 11.4. The summed E-state index contributed by atoms with van der Waals surface area (Å²) in [6.45, 7) is 0. The zero-order valence-electron chi connectivity index (χ0n) is 11.5. The fraction of sp³-hybridized carbons (Fsp3) is 1.00. The van der Waals surface area contributed by atoms with Gasteiger partial charge in [-0.2, -0.15) is 0 Å². The van der Waals surface area contributed by atoms with Crippen molar-refractivity contribution in [1.82, 2.24) is 0 Å². The number of alkyl halides is 2. The van der Waals surface area contributed by atoms with Gasteiger partial charge in [0, 0.05) is 6.84 Å². The molecular formula is C18H18I2. The molecule has 104 valence electrons. The average Bonchev–Trinajstić information content (AvgIpc) is 2.28. The Kier molecular flexibility index (Phi) is 1.06. The van der Waals surface area contributed by atoms with Crippen LogP contribution in [0.25, 0.3) is 0 Å². The Balaban J connectivity index is 1.15. The highest BCUT2D eigenvalue weighted by Gasteiger charge is 3.15. The first-order chi connectivity index (χ1) is 9.47. The van der Waals surface area contributed by atoms with E-state index >= 15 is 0 Å². The molecule has 0 N–H and O–H groups in total. The van der Waals surface area contributed by atoms with Crippen molar-refractivity contribution in [2.45, 2.75) is 45.4 Å². The molecule has 12 saturated carbocycles. The van der Waals surface area contributed by atoms with Gasteiger partial charge in [0.2, 0.25) is 0 Å². The molecule has 0 saturated heterocycles. The summed E-state index contributed by atoms with van der Waals surface area (Å²) in [5.41, 5.74) is 3.89. The van der Waals surface area contributed by atoms with Crippen molar-refractivity contribution in [3.05, 3.63) is 0 Å². The normalized spacial score (nSPS) is 97.5. The molecule has 0 aromatic carbocycles. The summed E-state index contributed by atoms with van der Waals surface area (Å²) in [6.07, 6.45) is 9.86. The zero-order chi connectivity index (χ0) is 12.7. The van der Waals surface area contributed by atoms with Gasteiger partial charge < -0.3 is 0 Å². The average molecular weight is 488 g/mol. The Hall–Kier alpha value is 1.46. The van der Waals surface area contributed by atoms with Crippen LogP contribution in [0.1, 0.15) is 38.5 Å². The van der Waals surface area contributed by atoms with E-state index in [-0.39, 0.29) is 0 Å². The van der Waals surface area contributed by atoms with Crippen LogP contribution < -0.4 is 0 Å². The summed E-state index contributed by atoms with van der Waals surface area (Å²) in [5, 5.41) is 0. The maximum atomic E-state index is 2.80. The smallest absolute Gasteiger partial charge is 0.0239 e. The maximum absolute atomic E-state index is 2.80. The summed E-state index contributed by atoms with van der Waals surface area (Å²) in [4.78, 5) is 0. The second kappa shape index (κ2) is 2.05. The first kappa shape index (κ1) is 10.4. The molecule has 0 atom stereocenters. The molecule has 0 heterocycles. The van der Waals surface area contributed by atoms with Crippen molar-refractivity contribution < 1.29 is 0 Å². The van der Waals surface area contributed by atoms with Crippen molar-refractivity contribution in [2.24, 2.45) is 57.2 Å². The predicted octanol–water partition coefficient (Wildman–Crippen LogP) is 4.44. The van der Waals surface area contributed by atoms with Crippen LogP contribution in [-0.4, -0.2) is 6.84 Å². The lowest BCUT2D eigenvalue weighted by molar-refractivity contribution is -0.714. The molecule has 4 bridgehead atoms. The van der Waals surface area contributed by atoms with Crippen molar-refractivity contribution in [3.8, 4) is 0 Å². The largest absolute Gasteiger partial charge is 0.0788 e. The van der Waals surface area contributed by atoms with Gasteiger partial charge in [0.1, 0.15) is 0 Å². The molecule has 12 aliphatic carbocycles. The van der Waals surface area contributed by atoms with Crippen LogP contribution in [0.3, 0.4) is 0 Å². The molecule has 12 rings (SSSR count). The van der Waals surface area contributed by atoms with Gasteiger partial charge in [-0.1, -0.05) is 45.2 Å². The van der Waals surface area contributed by atoms with Crippen molar-refractivity contribution >= 4 is 45.2 Å². The van der Waals surface area contributed by atoms with Gasteiger partial charge in [-0.05, 0) is 95.7 Å². The molecule has 20 heavy (non-hydrogen) atoms. The molecule has 12 aliphatic rings. The monoisotopic (exact) mass is 488 g/mol. The SMILES string of the molecule is IC12CC(C34C5C6C3C3C4C5C63C34CC(I)(C3)C4)(C1)C2. The molecule has 0 unspecified atom stereocenters. The lowest BCUT2D eigenvalue weighted by Gasteiger charge is -3.18. The molecule has 0 radical (unpaired) electrons. The van der Waals surface area contributed by atoms with E-state index in [0.717, 1.165) is 28.5 Å². The number of halogens is 2. The molecule has 0 amide bonds. The quantitative estimate of drug-likeness (QED) is 0.399. The van der Waals surface area contributed by atoms with Gasteiger partial charge in [-0.25, -0.2) is 0 Å². The van der Waals surface area contributed by atoms with Crippen molar-refractivity contribution in [1.29, 1.82) is 0 Å². The summed E-state index contributed by atoms with van der Waals surface area (Å²) in [7, 11) is 0. The predicted molar refractivity (Wildman–Crippen MR) is 91.9 cm³/mol.